The first-order chi connectivity index (χ1) is 11.0. The Morgan fingerprint density at radius 1 is 1.46 bits per heavy atom. The number of nitrogens with one attached hydrogen (secondary N) is 2. The second-order valence-corrected chi connectivity index (χ2v) is 6.67. The van der Waals surface area contributed by atoms with E-state index in [9.17, 15) is 4.79 Å². The summed E-state index contributed by atoms with van der Waals surface area (Å²) < 4.78 is 5.37. The monoisotopic (exact) mass is 370 g/mol. The smallest absolute Gasteiger partial charge is 0.252 e. The third kappa shape index (κ3) is 4.06. The summed E-state index contributed by atoms with van der Waals surface area (Å²) in [6.07, 6.45) is 0.983. The number of halogens is 2. The van der Waals surface area contributed by atoms with Crippen LogP contribution in [0.15, 0.2) is 28.8 Å². The number of nitrogens with zero attached hydrogens (tertiary/aromatic N) is 2. The van der Waals surface area contributed by atoms with Gasteiger partial charge in [0.25, 0.3) is 5.91 Å². The third-order valence-electron chi connectivity index (χ3n) is 3.92. The lowest BCUT2D eigenvalue weighted by Gasteiger charge is -2.22. The maximum Gasteiger partial charge on any atom is 0.252 e. The highest BCUT2D eigenvalue weighted by Gasteiger charge is 2.31. The van der Waals surface area contributed by atoms with Crippen molar-refractivity contribution in [2.45, 2.75) is 31.7 Å². The topological polar surface area (TPSA) is 80.0 Å². The van der Waals surface area contributed by atoms with E-state index in [1.54, 1.807) is 24.3 Å². The second kappa shape index (κ2) is 7.51. The summed E-state index contributed by atoms with van der Waals surface area (Å²) in [7, 11) is 0. The molecule has 2 N–H and O–H groups in total. The lowest BCUT2D eigenvalue weighted by Crippen LogP contribution is -2.41. The van der Waals surface area contributed by atoms with Gasteiger partial charge in [-0.3, -0.25) is 4.79 Å². The molecule has 1 aromatic heterocycles. The van der Waals surface area contributed by atoms with Crippen LogP contribution < -0.4 is 10.6 Å². The minimum Gasteiger partial charge on any atom is -0.340 e. The Hall–Kier alpha value is -1.63. The van der Waals surface area contributed by atoms with Gasteiger partial charge in [0.2, 0.25) is 5.89 Å². The zero-order valence-corrected chi connectivity index (χ0v) is 15.1. The predicted octanol–water partition coefficient (Wildman–Crippen LogP) is 2.89. The van der Waals surface area contributed by atoms with Gasteiger partial charge < -0.3 is 15.2 Å². The number of hydrogen-bond acceptors (Lipinski definition) is 5. The van der Waals surface area contributed by atoms with E-state index in [4.69, 9.17) is 16.1 Å². The number of carbonyl (C=O) groups excluding carboxylic acids is 1. The number of aromatic nitrogens is 2. The normalized spacial score (nSPS) is 17.4. The summed E-state index contributed by atoms with van der Waals surface area (Å²) in [6.45, 7) is 5.49. The maximum atomic E-state index is 12.4. The number of amides is 1. The van der Waals surface area contributed by atoms with Gasteiger partial charge in [0, 0.05) is 17.1 Å². The van der Waals surface area contributed by atoms with Crippen LogP contribution in [0.4, 0.5) is 0 Å². The Kier molecular flexibility index (Phi) is 5.85. The van der Waals surface area contributed by atoms with Crippen molar-refractivity contribution in [3.8, 4) is 0 Å². The minimum absolute atomic E-state index is 0. The van der Waals surface area contributed by atoms with Crippen LogP contribution in [0.1, 0.15) is 48.3 Å². The van der Waals surface area contributed by atoms with Crippen LogP contribution >= 0.6 is 24.0 Å². The molecule has 0 unspecified atom stereocenters. The fraction of sp³-hybridized carbons (Fsp3) is 0.438. The highest BCUT2D eigenvalue weighted by Crippen LogP contribution is 2.24. The largest absolute Gasteiger partial charge is 0.340 e. The Bertz CT molecular complexity index is 712. The molecule has 1 aromatic carbocycles. The highest BCUT2D eigenvalue weighted by molar-refractivity contribution is 6.30. The van der Waals surface area contributed by atoms with Gasteiger partial charge in [0.1, 0.15) is 0 Å². The molecule has 2 heterocycles. The average Bonchev–Trinajstić information content (AvgIpc) is 3.18. The molecule has 6 nitrogen and oxygen atoms in total. The molecular weight excluding hydrogens is 351 g/mol. The summed E-state index contributed by atoms with van der Waals surface area (Å²) >= 11 is 5.93. The van der Waals surface area contributed by atoms with Crippen molar-refractivity contribution in [1.82, 2.24) is 20.8 Å². The number of carbonyl (C=O) groups is 1. The van der Waals surface area contributed by atoms with Crippen LogP contribution in [0, 0.1) is 0 Å². The molecule has 24 heavy (non-hydrogen) atoms. The molecule has 0 saturated carbocycles. The quantitative estimate of drug-likeness (QED) is 0.864. The first-order valence-electron chi connectivity index (χ1n) is 7.58. The zero-order valence-electron chi connectivity index (χ0n) is 13.5. The molecule has 130 valence electrons. The zero-order chi connectivity index (χ0) is 16.4. The van der Waals surface area contributed by atoms with Gasteiger partial charge in [-0.05, 0) is 45.0 Å². The molecular formula is C16H20Cl2N4O2. The van der Waals surface area contributed by atoms with Crippen molar-refractivity contribution in [2.75, 3.05) is 13.1 Å². The molecule has 0 spiro atoms. The molecule has 1 aliphatic rings. The molecule has 1 fully saturated rings. The van der Waals surface area contributed by atoms with E-state index in [0.717, 1.165) is 19.5 Å². The Labute approximate surface area is 151 Å². The molecule has 0 aliphatic carbocycles. The van der Waals surface area contributed by atoms with Crippen molar-refractivity contribution >= 4 is 29.9 Å². The van der Waals surface area contributed by atoms with E-state index in [2.05, 4.69) is 20.8 Å². The molecule has 8 heteroatoms. The average molecular weight is 371 g/mol. The van der Waals surface area contributed by atoms with Gasteiger partial charge in [0.05, 0.1) is 11.5 Å². The van der Waals surface area contributed by atoms with Crippen molar-refractivity contribution < 1.29 is 9.32 Å². The van der Waals surface area contributed by atoms with Crippen molar-refractivity contribution in [3.05, 3.63) is 46.6 Å². The van der Waals surface area contributed by atoms with Gasteiger partial charge >= 0.3 is 0 Å². The van der Waals surface area contributed by atoms with Gasteiger partial charge in [-0.1, -0.05) is 22.8 Å². The molecule has 0 radical (unpaired) electrons. The van der Waals surface area contributed by atoms with Gasteiger partial charge in [0.15, 0.2) is 5.82 Å². The lowest BCUT2D eigenvalue weighted by atomic mass is 10.0. The van der Waals surface area contributed by atoms with Crippen molar-refractivity contribution in [3.63, 3.8) is 0 Å². The summed E-state index contributed by atoms with van der Waals surface area (Å²) in [6, 6.07) is 6.80. The summed E-state index contributed by atoms with van der Waals surface area (Å²) in [5, 5.41) is 10.8. The molecule has 0 bridgehead atoms. The number of hydrogen-bond donors (Lipinski definition) is 2. The van der Waals surface area contributed by atoms with Crippen LogP contribution in [0.3, 0.4) is 0 Å². The standard InChI is InChI=1S/C16H19ClN4O2.ClH/c1-16(2,20-13(22)10-4-3-5-12(17)8-10)15-19-14(23-21-15)11-6-7-18-9-11;/h3-5,8,11,18H,6-7,9H2,1-2H3,(H,20,22);1H/t11-;/m1./s1. The SMILES string of the molecule is CC(C)(NC(=O)c1cccc(Cl)c1)c1noc([C@@H]2CCNC2)n1.Cl. The summed E-state index contributed by atoms with van der Waals surface area (Å²) in [4.78, 5) is 16.9. The minimum atomic E-state index is -0.743. The van der Waals surface area contributed by atoms with E-state index in [-0.39, 0.29) is 24.2 Å². The Morgan fingerprint density at radius 3 is 2.92 bits per heavy atom. The Morgan fingerprint density at radius 2 is 2.25 bits per heavy atom. The van der Waals surface area contributed by atoms with E-state index in [1.165, 1.54) is 0 Å². The molecule has 1 saturated heterocycles. The van der Waals surface area contributed by atoms with E-state index in [1.807, 2.05) is 13.8 Å². The number of benzene rings is 1. The van der Waals surface area contributed by atoms with E-state index in [0.29, 0.717) is 22.3 Å². The molecule has 1 aliphatic heterocycles. The van der Waals surface area contributed by atoms with Gasteiger partial charge in [-0.25, -0.2) is 0 Å². The maximum absolute atomic E-state index is 12.4. The molecule has 3 rings (SSSR count). The fourth-order valence-corrected chi connectivity index (χ4v) is 2.75. The second-order valence-electron chi connectivity index (χ2n) is 6.24. The van der Waals surface area contributed by atoms with Crippen LogP contribution in [0.25, 0.3) is 0 Å². The van der Waals surface area contributed by atoms with Crippen LogP contribution in [-0.2, 0) is 5.54 Å². The third-order valence-corrected chi connectivity index (χ3v) is 4.16. The summed E-state index contributed by atoms with van der Waals surface area (Å²) in [5.74, 6) is 1.10. The highest BCUT2D eigenvalue weighted by atomic mass is 35.5. The van der Waals surface area contributed by atoms with E-state index < -0.39 is 5.54 Å². The fourth-order valence-electron chi connectivity index (χ4n) is 2.56. The predicted molar refractivity (Wildman–Crippen MR) is 93.7 cm³/mol. The molecule has 2 aromatic rings. The Balaban J connectivity index is 0.00000208. The first-order valence-corrected chi connectivity index (χ1v) is 7.96. The summed E-state index contributed by atoms with van der Waals surface area (Å²) in [5.41, 5.74) is -0.248. The van der Waals surface area contributed by atoms with Gasteiger partial charge in [-0.2, -0.15) is 4.98 Å². The van der Waals surface area contributed by atoms with Crippen molar-refractivity contribution in [2.24, 2.45) is 0 Å². The molecule has 1 atom stereocenters. The van der Waals surface area contributed by atoms with Crippen molar-refractivity contribution in [1.29, 1.82) is 0 Å². The van der Waals surface area contributed by atoms with E-state index >= 15 is 0 Å². The van der Waals surface area contributed by atoms with Crippen LogP contribution in [-0.4, -0.2) is 29.1 Å². The molecule has 1 amide bonds. The first kappa shape index (κ1) is 18.7. The van der Waals surface area contributed by atoms with Crippen LogP contribution in [0.5, 0.6) is 0 Å². The number of rotatable bonds is 4. The van der Waals surface area contributed by atoms with Crippen LogP contribution in [0.2, 0.25) is 5.02 Å². The lowest BCUT2D eigenvalue weighted by molar-refractivity contribution is 0.0907. The van der Waals surface area contributed by atoms with Gasteiger partial charge in [-0.15, -0.1) is 12.4 Å².